The second kappa shape index (κ2) is 3.44. The molecular formula is C17H16O2. The molecule has 19 heavy (non-hydrogen) atoms. The molecular weight excluding hydrogens is 236 g/mol. The Balaban J connectivity index is 1.83. The van der Waals surface area contributed by atoms with E-state index in [1.54, 1.807) is 0 Å². The van der Waals surface area contributed by atoms with Crippen LogP contribution in [0.15, 0.2) is 42.5 Å². The molecule has 2 heteroatoms. The van der Waals surface area contributed by atoms with Crippen molar-refractivity contribution in [2.45, 2.75) is 25.2 Å². The summed E-state index contributed by atoms with van der Waals surface area (Å²) in [7, 11) is 0. The van der Waals surface area contributed by atoms with Gasteiger partial charge in [-0.05, 0) is 35.8 Å². The molecule has 4 atom stereocenters. The van der Waals surface area contributed by atoms with Crippen molar-refractivity contribution < 1.29 is 9.59 Å². The lowest BCUT2D eigenvalue weighted by Gasteiger charge is -2.26. The molecule has 3 aliphatic rings. The van der Waals surface area contributed by atoms with Crippen LogP contribution >= 0.6 is 0 Å². The lowest BCUT2D eigenvalue weighted by molar-refractivity contribution is -0.130. The highest BCUT2D eigenvalue weighted by Crippen LogP contribution is 2.68. The van der Waals surface area contributed by atoms with Crippen LogP contribution in [0, 0.1) is 17.3 Å². The predicted molar refractivity (Wildman–Crippen MR) is 71.6 cm³/mol. The molecule has 0 N–H and O–H groups in total. The van der Waals surface area contributed by atoms with Gasteiger partial charge in [0.1, 0.15) is 5.78 Å². The Morgan fingerprint density at radius 2 is 1.89 bits per heavy atom. The van der Waals surface area contributed by atoms with Gasteiger partial charge in [-0.1, -0.05) is 36.9 Å². The number of ketones is 2. The van der Waals surface area contributed by atoms with Crippen LogP contribution in [0.1, 0.15) is 30.7 Å². The van der Waals surface area contributed by atoms with Crippen LogP contribution in [0.5, 0.6) is 0 Å². The minimum absolute atomic E-state index is 0.0295. The molecule has 4 rings (SSSR count). The molecule has 0 spiro atoms. The Morgan fingerprint density at radius 3 is 2.63 bits per heavy atom. The Kier molecular flexibility index (Phi) is 2.02. The fraction of sp³-hybridized carbons (Fsp3) is 0.412. The predicted octanol–water partition coefficient (Wildman–Crippen LogP) is 2.89. The number of rotatable bonds is 1. The smallest absolute Gasteiger partial charge is 0.169 e. The minimum atomic E-state index is -0.389. The molecule has 0 amide bonds. The summed E-state index contributed by atoms with van der Waals surface area (Å²) < 4.78 is 0. The quantitative estimate of drug-likeness (QED) is 0.569. The van der Waals surface area contributed by atoms with E-state index in [-0.39, 0.29) is 28.8 Å². The molecule has 3 aliphatic carbocycles. The standard InChI is InChI=1S/C17H16O2/c1-10-16(19)14-13(18)9-17(10)8-7-12(15(14)17)11-5-3-2-4-6-11/h2-6,12,14-15H,1,7-9H2/t12-,14+,15+,17+/m1/s1. The lowest BCUT2D eigenvalue weighted by Crippen LogP contribution is -2.27. The van der Waals surface area contributed by atoms with Crippen molar-refractivity contribution in [3.63, 3.8) is 0 Å². The first-order valence-electron chi connectivity index (χ1n) is 6.96. The summed E-state index contributed by atoms with van der Waals surface area (Å²) in [5, 5.41) is 0. The highest BCUT2D eigenvalue weighted by molar-refractivity contribution is 6.17. The minimum Gasteiger partial charge on any atom is -0.299 e. The zero-order valence-corrected chi connectivity index (χ0v) is 10.8. The van der Waals surface area contributed by atoms with Gasteiger partial charge in [0.25, 0.3) is 0 Å². The van der Waals surface area contributed by atoms with Crippen LogP contribution in [0.3, 0.4) is 0 Å². The summed E-state index contributed by atoms with van der Waals surface area (Å²) in [6.45, 7) is 4.01. The molecule has 2 bridgehead atoms. The second-order valence-electron chi connectivity index (χ2n) is 6.20. The zero-order valence-electron chi connectivity index (χ0n) is 10.8. The molecule has 3 fully saturated rings. The van der Waals surface area contributed by atoms with Crippen molar-refractivity contribution in [2.24, 2.45) is 17.3 Å². The van der Waals surface area contributed by atoms with Crippen LogP contribution in [0.4, 0.5) is 0 Å². The molecule has 0 aliphatic heterocycles. The summed E-state index contributed by atoms with van der Waals surface area (Å²) in [6, 6.07) is 10.3. The van der Waals surface area contributed by atoms with Gasteiger partial charge in [-0.3, -0.25) is 9.59 Å². The Labute approximate surface area is 112 Å². The van der Waals surface area contributed by atoms with Gasteiger partial charge < -0.3 is 0 Å². The van der Waals surface area contributed by atoms with Gasteiger partial charge in [0.05, 0.1) is 5.92 Å². The third kappa shape index (κ3) is 1.17. The van der Waals surface area contributed by atoms with Crippen molar-refractivity contribution in [1.82, 2.24) is 0 Å². The monoisotopic (exact) mass is 252 g/mol. The Bertz CT molecular complexity index is 601. The molecule has 0 heterocycles. The number of hydrogen-bond donors (Lipinski definition) is 0. The fourth-order valence-corrected chi connectivity index (χ4v) is 4.80. The zero-order chi connectivity index (χ0) is 13.2. The summed E-state index contributed by atoms with van der Waals surface area (Å²) >= 11 is 0. The van der Waals surface area contributed by atoms with E-state index in [0.29, 0.717) is 12.3 Å². The number of carbonyl (C=O) groups is 2. The van der Waals surface area contributed by atoms with Gasteiger partial charge in [0.15, 0.2) is 5.78 Å². The molecule has 1 aromatic carbocycles. The lowest BCUT2D eigenvalue weighted by atomic mass is 9.76. The summed E-state index contributed by atoms with van der Waals surface area (Å²) in [5.74, 6) is 0.327. The normalized spacial score (nSPS) is 40.0. The number of benzene rings is 1. The van der Waals surface area contributed by atoms with Crippen molar-refractivity contribution in [3.8, 4) is 0 Å². The molecule has 96 valence electrons. The number of Topliss-reactive ketones (excluding diaryl/α,β-unsaturated/α-hetero) is 2. The van der Waals surface area contributed by atoms with E-state index in [1.165, 1.54) is 5.56 Å². The van der Waals surface area contributed by atoms with Crippen LogP contribution < -0.4 is 0 Å². The van der Waals surface area contributed by atoms with E-state index in [9.17, 15) is 9.59 Å². The van der Waals surface area contributed by atoms with Gasteiger partial charge in [0.2, 0.25) is 0 Å². The van der Waals surface area contributed by atoms with Gasteiger partial charge in [-0.15, -0.1) is 0 Å². The average molecular weight is 252 g/mol. The van der Waals surface area contributed by atoms with Gasteiger partial charge in [-0.25, -0.2) is 0 Å². The highest BCUT2D eigenvalue weighted by Gasteiger charge is 2.68. The molecule has 0 aromatic heterocycles. The maximum absolute atomic E-state index is 12.2. The number of carbonyl (C=O) groups excluding carboxylic acids is 2. The summed E-state index contributed by atoms with van der Waals surface area (Å²) in [6.07, 6.45) is 2.57. The Morgan fingerprint density at radius 1 is 1.16 bits per heavy atom. The van der Waals surface area contributed by atoms with Gasteiger partial charge in [-0.2, -0.15) is 0 Å². The third-order valence-corrected chi connectivity index (χ3v) is 5.58. The van der Waals surface area contributed by atoms with Crippen molar-refractivity contribution in [1.29, 1.82) is 0 Å². The molecule has 3 saturated carbocycles. The van der Waals surface area contributed by atoms with E-state index >= 15 is 0 Å². The third-order valence-electron chi connectivity index (χ3n) is 5.58. The van der Waals surface area contributed by atoms with Crippen molar-refractivity contribution in [2.75, 3.05) is 0 Å². The molecule has 0 unspecified atom stereocenters. The maximum Gasteiger partial charge on any atom is 0.169 e. The summed E-state index contributed by atoms with van der Waals surface area (Å²) in [5.41, 5.74) is 1.82. The first kappa shape index (κ1) is 11.2. The van der Waals surface area contributed by atoms with Crippen LogP contribution in [-0.4, -0.2) is 11.6 Å². The van der Waals surface area contributed by atoms with Gasteiger partial charge in [0, 0.05) is 11.8 Å². The van der Waals surface area contributed by atoms with E-state index < -0.39 is 0 Å². The molecule has 2 nitrogen and oxygen atoms in total. The maximum atomic E-state index is 12.2. The number of allylic oxidation sites excluding steroid dienone is 1. The number of hydrogen-bond acceptors (Lipinski definition) is 2. The SMILES string of the molecule is C=C1C(=O)[C@H]2C(=O)C[C@@]13CC[C@H](c1ccccc1)[C@@H]23. The van der Waals surface area contributed by atoms with Crippen LogP contribution in [0.25, 0.3) is 0 Å². The van der Waals surface area contributed by atoms with Crippen LogP contribution in [-0.2, 0) is 9.59 Å². The second-order valence-corrected chi connectivity index (χ2v) is 6.20. The van der Waals surface area contributed by atoms with E-state index in [1.807, 2.05) is 18.2 Å². The van der Waals surface area contributed by atoms with Crippen LogP contribution in [0.2, 0.25) is 0 Å². The molecule has 1 aromatic rings. The van der Waals surface area contributed by atoms with E-state index in [2.05, 4.69) is 18.7 Å². The fourth-order valence-electron chi connectivity index (χ4n) is 4.80. The molecule has 0 radical (unpaired) electrons. The van der Waals surface area contributed by atoms with E-state index in [4.69, 9.17) is 0 Å². The highest BCUT2D eigenvalue weighted by atomic mass is 16.2. The topological polar surface area (TPSA) is 34.1 Å². The Hall–Kier alpha value is -1.70. The summed E-state index contributed by atoms with van der Waals surface area (Å²) in [4.78, 5) is 24.4. The van der Waals surface area contributed by atoms with E-state index in [0.717, 1.165) is 18.4 Å². The first-order valence-corrected chi connectivity index (χ1v) is 6.96. The average Bonchev–Trinajstić information content (AvgIpc) is 2.97. The first-order chi connectivity index (χ1) is 9.15. The molecule has 0 saturated heterocycles. The van der Waals surface area contributed by atoms with Crippen molar-refractivity contribution in [3.05, 3.63) is 48.0 Å². The largest absolute Gasteiger partial charge is 0.299 e. The van der Waals surface area contributed by atoms with Gasteiger partial charge >= 0.3 is 0 Å². The van der Waals surface area contributed by atoms with Crippen molar-refractivity contribution >= 4 is 11.6 Å².